The van der Waals surface area contributed by atoms with Crippen LogP contribution in [0.15, 0.2) is 18.2 Å². The molecule has 114 valence electrons. The molecule has 1 aromatic rings. The highest BCUT2D eigenvalue weighted by Gasteiger charge is 2.40. The maximum absolute atomic E-state index is 13.0. The molecule has 10 heteroatoms. The monoisotopic (exact) mass is 317 g/mol. The fourth-order valence-electron chi connectivity index (χ4n) is 2.16. The Morgan fingerprint density at radius 2 is 2.14 bits per heavy atom. The molecule has 8 nitrogen and oxygen atoms in total. The highest BCUT2D eigenvalue weighted by molar-refractivity contribution is 7.87. The number of nitro groups is 1. The molecule has 0 spiro atoms. The molecule has 0 aliphatic carbocycles. The second-order valence-corrected chi connectivity index (χ2v) is 6.13. The van der Waals surface area contributed by atoms with Gasteiger partial charge in [-0.25, -0.2) is 0 Å². The van der Waals surface area contributed by atoms with E-state index >= 15 is 0 Å². The summed E-state index contributed by atoms with van der Waals surface area (Å²) in [5.41, 5.74) is 0.317. The molecule has 1 saturated heterocycles. The molecule has 1 unspecified atom stereocenters. The van der Waals surface area contributed by atoms with Crippen molar-refractivity contribution in [1.29, 1.82) is 0 Å². The molecule has 2 rings (SSSR count). The SMILES string of the molecule is CNc1ccc([N+](=O)[O-])cc1N1CC(S(=O)(=O)F)CC1=O. The van der Waals surface area contributed by atoms with Crippen LogP contribution in [-0.2, 0) is 15.0 Å². The van der Waals surface area contributed by atoms with Gasteiger partial charge in [0.15, 0.2) is 0 Å². The van der Waals surface area contributed by atoms with Crippen molar-refractivity contribution in [2.75, 3.05) is 23.8 Å². The topological polar surface area (TPSA) is 110 Å². The fourth-order valence-corrected chi connectivity index (χ4v) is 2.83. The number of nitrogens with one attached hydrogen (secondary N) is 1. The van der Waals surface area contributed by atoms with E-state index in [2.05, 4.69) is 5.32 Å². The number of benzene rings is 1. The largest absolute Gasteiger partial charge is 0.386 e. The smallest absolute Gasteiger partial charge is 0.307 e. The van der Waals surface area contributed by atoms with Gasteiger partial charge in [-0.1, -0.05) is 0 Å². The molecule has 0 radical (unpaired) electrons. The van der Waals surface area contributed by atoms with Gasteiger partial charge < -0.3 is 10.2 Å². The summed E-state index contributed by atoms with van der Waals surface area (Å²) in [5, 5.41) is 12.1. The van der Waals surface area contributed by atoms with Crippen LogP contribution in [0.2, 0.25) is 0 Å². The van der Waals surface area contributed by atoms with Crippen LogP contribution in [-0.4, -0.2) is 38.1 Å². The minimum absolute atomic E-state index is 0.155. The molecule has 21 heavy (non-hydrogen) atoms. The molecule has 1 aromatic carbocycles. The Morgan fingerprint density at radius 3 is 2.62 bits per heavy atom. The van der Waals surface area contributed by atoms with Crippen molar-refractivity contribution in [1.82, 2.24) is 0 Å². The average Bonchev–Trinajstić information content (AvgIpc) is 2.79. The van der Waals surface area contributed by atoms with Crippen LogP contribution in [0.1, 0.15) is 6.42 Å². The number of carbonyl (C=O) groups is 1. The Labute approximate surface area is 119 Å². The summed E-state index contributed by atoms with van der Waals surface area (Å²) < 4.78 is 34.8. The molecule has 1 N–H and O–H groups in total. The second kappa shape index (κ2) is 5.28. The zero-order valence-electron chi connectivity index (χ0n) is 10.9. The van der Waals surface area contributed by atoms with Gasteiger partial charge in [0.05, 0.1) is 16.3 Å². The quantitative estimate of drug-likeness (QED) is 0.505. The predicted molar refractivity (Wildman–Crippen MR) is 73.4 cm³/mol. The van der Waals surface area contributed by atoms with E-state index in [-0.39, 0.29) is 17.9 Å². The lowest BCUT2D eigenvalue weighted by molar-refractivity contribution is -0.384. The van der Waals surface area contributed by atoms with Crippen molar-refractivity contribution in [2.45, 2.75) is 11.7 Å². The van der Waals surface area contributed by atoms with E-state index in [9.17, 15) is 27.2 Å². The number of hydrogen-bond acceptors (Lipinski definition) is 6. The van der Waals surface area contributed by atoms with Crippen LogP contribution >= 0.6 is 0 Å². The van der Waals surface area contributed by atoms with Crippen molar-refractivity contribution in [2.24, 2.45) is 0 Å². The molecule has 1 heterocycles. The van der Waals surface area contributed by atoms with Gasteiger partial charge >= 0.3 is 10.2 Å². The van der Waals surface area contributed by atoms with Crippen LogP contribution in [0.5, 0.6) is 0 Å². The highest BCUT2D eigenvalue weighted by atomic mass is 32.3. The predicted octanol–water partition coefficient (Wildman–Crippen LogP) is 1.04. The second-order valence-electron chi connectivity index (χ2n) is 4.51. The zero-order chi connectivity index (χ0) is 15.8. The van der Waals surface area contributed by atoms with Crippen LogP contribution in [0.4, 0.5) is 20.9 Å². The molecular weight excluding hydrogens is 305 g/mol. The van der Waals surface area contributed by atoms with Gasteiger partial charge in [-0.3, -0.25) is 14.9 Å². The number of rotatable bonds is 4. The van der Waals surface area contributed by atoms with Crippen molar-refractivity contribution < 1.29 is 22.0 Å². The Morgan fingerprint density at radius 1 is 1.48 bits per heavy atom. The van der Waals surface area contributed by atoms with Gasteiger partial charge in [-0.05, 0) is 6.07 Å². The molecule has 1 aliphatic rings. The number of halogens is 1. The average molecular weight is 317 g/mol. The molecule has 1 amide bonds. The van der Waals surface area contributed by atoms with Gasteiger partial charge in [-0.2, -0.15) is 8.42 Å². The highest BCUT2D eigenvalue weighted by Crippen LogP contribution is 2.34. The normalized spacial score (nSPS) is 18.9. The summed E-state index contributed by atoms with van der Waals surface area (Å²) in [4.78, 5) is 23.1. The molecule has 0 bridgehead atoms. The first-order chi connectivity index (χ1) is 9.74. The molecule has 1 fully saturated rings. The minimum Gasteiger partial charge on any atom is -0.386 e. The first-order valence-corrected chi connectivity index (χ1v) is 7.38. The third-order valence-corrected chi connectivity index (χ3v) is 4.35. The third-order valence-electron chi connectivity index (χ3n) is 3.24. The number of hydrogen-bond donors (Lipinski definition) is 1. The number of nitro benzene ring substituents is 1. The minimum atomic E-state index is -4.84. The Bertz CT molecular complexity index is 706. The molecule has 0 aromatic heterocycles. The summed E-state index contributed by atoms with van der Waals surface area (Å²) >= 11 is 0. The lowest BCUT2D eigenvalue weighted by Gasteiger charge is -2.19. The van der Waals surface area contributed by atoms with E-state index in [4.69, 9.17) is 0 Å². The fraction of sp³-hybridized carbons (Fsp3) is 0.364. The zero-order valence-corrected chi connectivity index (χ0v) is 11.8. The standard InChI is InChI=1S/C11H12FN3O5S/c1-13-9-3-2-7(15(17)18)4-10(9)14-6-8(5-11(14)16)21(12,19)20/h2-4,8,13H,5-6H2,1H3. The Kier molecular flexibility index (Phi) is 3.81. The van der Waals surface area contributed by atoms with Crippen molar-refractivity contribution in [3.05, 3.63) is 28.3 Å². The van der Waals surface area contributed by atoms with E-state index in [0.717, 1.165) is 11.0 Å². The summed E-state index contributed by atoms with van der Waals surface area (Å²) in [5.74, 6) is -0.599. The van der Waals surface area contributed by atoms with Gasteiger partial charge in [0.1, 0.15) is 5.25 Å². The van der Waals surface area contributed by atoms with Gasteiger partial charge in [0.25, 0.3) is 5.69 Å². The molecular formula is C11H12FN3O5S. The maximum atomic E-state index is 13.0. The summed E-state index contributed by atoms with van der Waals surface area (Å²) in [6, 6.07) is 3.80. The van der Waals surface area contributed by atoms with Gasteiger partial charge in [-0.15, -0.1) is 3.89 Å². The maximum Gasteiger partial charge on any atom is 0.307 e. The third kappa shape index (κ3) is 2.94. The molecule has 1 aliphatic heterocycles. The van der Waals surface area contributed by atoms with Gasteiger partial charge in [0.2, 0.25) is 5.91 Å². The van der Waals surface area contributed by atoms with E-state index in [1.165, 1.54) is 12.1 Å². The lowest BCUT2D eigenvalue weighted by atomic mass is 10.2. The van der Waals surface area contributed by atoms with Crippen LogP contribution in [0, 0.1) is 10.1 Å². The number of amides is 1. The van der Waals surface area contributed by atoms with E-state index in [1.54, 1.807) is 7.05 Å². The van der Waals surface area contributed by atoms with E-state index < -0.39 is 32.7 Å². The number of anilines is 2. The van der Waals surface area contributed by atoms with Gasteiger partial charge in [0, 0.05) is 32.1 Å². The first kappa shape index (κ1) is 15.2. The van der Waals surface area contributed by atoms with Crippen LogP contribution in [0.25, 0.3) is 0 Å². The van der Waals surface area contributed by atoms with Crippen LogP contribution < -0.4 is 10.2 Å². The first-order valence-electron chi connectivity index (χ1n) is 5.94. The number of nitrogens with zero attached hydrogens (tertiary/aromatic N) is 2. The Hall–Kier alpha value is -2.23. The number of carbonyl (C=O) groups excluding carboxylic acids is 1. The number of non-ortho nitro benzene ring substituents is 1. The molecule has 1 atom stereocenters. The Balaban J connectivity index is 2.43. The van der Waals surface area contributed by atoms with E-state index in [1.807, 2.05) is 0 Å². The van der Waals surface area contributed by atoms with Crippen molar-refractivity contribution in [3.63, 3.8) is 0 Å². The summed E-state index contributed by atoms with van der Waals surface area (Å²) in [7, 11) is -3.29. The lowest BCUT2D eigenvalue weighted by Crippen LogP contribution is -2.27. The van der Waals surface area contributed by atoms with Crippen molar-refractivity contribution in [3.8, 4) is 0 Å². The summed E-state index contributed by atoms with van der Waals surface area (Å²) in [6.45, 7) is -0.368. The molecule has 0 saturated carbocycles. The van der Waals surface area contributed by atoms with E-state index in [0.29, 0.717) is 5.69 Å². The summed E-state index contributed by atoms with van der Waals surface area (Å²) in [6.07, 6.45) is -0.481. The van der Waals surface area contributed by atoms with Crippen LogP contribution in [0.3, 0.4) is 0 Å². The van der Waals surface area contributed by atoms with Crippen molar-refractivity contribution >= 4 is 33.2 Å².